The molecular formula is C11H9BrN2O2. The van der Waals surface area contributed by atoms with Crippen molar-refractivity contribution in [1.82, 2.24) is 9.78 Å². The zero-order valence-electron chi connectivity index (χ0n) is 8.51. The molecule has 0 aliphatic rings. The monoisotopic (exact) mass is 280 g/mol. The summed E-state index contributed by atoms with van der Waals surface area (Å²) >= 11 is 3.42. The molecule has 0 saturated heterocycles. The van der Waals surface area contributed by atoms with Crippen LogP contribution >= 0.6 is 15.9 Å². The number of hydrogen-bond acceptors (Lipinski definition) is 2. The molecular weight excluding hydrogens is 272 g/mol. The Bertz CT molecular complexity index is 549. The molecule has 1 heterocycles. The third-order valence-electron chi connectivity index (χ3n) is 2.29. The van der Waals surface area contributed by atoms with Gasteiger partial charge in [-0.15, -0.1) is 0 Å². The van der Waals surface area contributed by atoms with Crippen LogP contribution in [0.4, 0.5) is 0 Å². The number of carbonyl (C=O) groups is 1. The lowest BCUT2D eigenvalue weighted by molar-refractivity contribution is 0.0690. The van der Waals surface area contributed by atoms with Crippen LogP contribution in [0, 0.1) is 6.92 Å². The van der Waals surface area contributed by atoms with E-state index in [0.717, 1.165) is 15.7 Å². The Labute approximate surface area is 101 Å². The van der Waals surface area contributed by atoms with Crippen molar-refractivity contribution in [3.63, 3.8) is 0 Å². The molecule has 0 aliphatic carbocycles. The van der Waals surface area contributed by atoms with Crippen molar-refractivity contribution in [2.24, 2.45) is 0 Å². The topological polar surface area (TPSA) is 55.1 Å². The van der Waals surface area contributed by atoms with E-state index in [9.17, 15) is 4.79 Å². The Kier molecular flexibility index (Phi) is 2.78. The highest BCUT2D eigenvalue weighted by Crippen LogP contribution is 2.22. The van der Waals surface area contributed by atoms with Crippen molar-refractivity contribution < 1.29 is 9.90 Å². The molecule has 1 aromatic heterocycles. The zero-order valence-corrected chi connectivity index (χ0v) is 10.1. The molecule has 0 aliphatic heterocycles. The van der Waals surface area contributed by atoms with Gasteiger partial charge in [0.1, 0.15) is 0 Å². The molecule has 4 nitrogen and oxygen atoms in total. The molecule has 0 atom stereocenters. The number of halogens is 1. The van der Waals surface area contributed by atoms with Crippen molar-refractivity contribution in [1.29, 1.82) is 0 Å². The van der Waals surface area contributed by atoms with Crippen LogP contribution in [-0.4, -0.2) is 20.9 Å². The molecule has 1 aromatic carbocycles. The second kappa shape index (κ2) is 4.09. The van der Waals surface area contributed by atoms with Crippen LogP contribution in [0.25, 0.3) is 5.69 Å². The number of carboxylic acids is 1. The minimum Gasteiger partial charge on any atom is -0.476 e. The van der Waals surface area contributed by atoms with Gasteiger partial charge in [-0.05, 0) is 30.7 Å². The molecule has 1 N–H and O–H groups in total. The van der Waals surface area contributed by atoms with Crippen molar-refractivity contribution in [2.75, 3.05) is 0 Å². The van der Waals surface area contributed by atoms with Gasteiger partial charge in [0.25, 0.3) is 0 Å². The number of aromatic carboxylic acids is 1. The lowest BCUT2D eigenvalue weighted by Gasteiger charge is -2.06. The summed E-state index contributed by atoms with van der Waals surface area (Å²) in [5.41, 5.74) is 1.92. The number of nitrogens with zero attached hydrogens (tertiary/aromatic N) is 2. The maximum absolute atomic E-state index is 10.7. The van der Waals surface area contributed by atoms with Gasteiger partial charge < -0.3 is 5.11 Å². The molecule has 2 rings (SSSR count). The van der Waals surface area contributed by atoms with E-state index in [4.69, 9.17) is 5.11 Å². The fraction of sp³-hybridized carbons (Fsp3) is 0.0909. The van der Waals surface area contributed by atoms with Crippen LogP contribution in [-0.2, 0) is 0 Å². The van der Waals surface area contributed by atoms with Crippen molar-refractivity contribution in [2.45, 2.75) is 6.92 Å². The largest absolute Gasteiger partial charge is 0.476 e. The van der Waals surface area contributed by atoms with E-state index in [2.05, 4.69) is 21.0 Å². The summed E-state index contributed by atoms with van der Waals surface area (Å²) in [7, 11) is 0. The van der Waals surface area contributed by atoms with Gasteiger partial charge in [-0.3, -0.25) is 0 Å². The molecule has 5 heteroatoms. The second-order valence-corrected chi connectivity index (χ2v) is 4.19. The summed E-state index contributed by atoms with van der Waals surface area (Å²) in [5.74, 6) is -1.02. The lowest BCUT2D eigenvalue weighted by atomic mass is 10.2. The van der Waals surface area contributed by atoms with Gasteiger partial charge in [-0.25, -0.2) is 9.48 Å². The van der Waals surface area contributed by atoms with Crippen LogP contribution in [0.3, 0.4) is 0 Å². The maximum atomic E-state index is 10.7. The molecule has 0 amide bonds. The van der Waals surface area contributed by atoms with E-state index in [-0.39, 0.29) is 5.69 Å². The molecule has 0 bridgehead atoms. The lowest BCUT2D eigenvalue weighted by Crippen LogP contribution is -2.02. The summed E-state index contributed by atoms with van der Waals surface area (Å²) in [6, 6.07) is 7.18. The maximum Gasteiger partial charge on any atom is 0.356 e. The van der Waals surface area contributed by atoms with E-state index in [1.807, 2.05) is 25.1 Å². The van der Waals surface area contributed by atoms with Crippen molar-refractivity contribution in [3.05, 3.63) is 46.2 Å². The number of benzene rings is 1. The predicted molar refractivity (Wildman–Crippen MR) is 63.0 cm³/mol. The Hall–Kier alpha value is -1.62. The van der Waals surface area contributed by atoms with Crippen LogP contribution in [0.1, 0.15) is 16.1 Å². The van der Waals surface area contributed by atoms with E-state index >= 15 is 0 Å². The molecule has 82 valence electrons. The fourth-order valence-electron chi connectivity index (χ4n) is 1.42. The molecule has 0 unspecified atom stereocenters. The summed E-state index contributed by atoms with van der Waals surface area (Å²) in [6.45, 7) is 1.95. The van der Waals surface area contributed by atoms with Gasteiger partial charge in [0.2, 0.25) is 0 Å². The first-order valence-corrected chi connectivity index (χ1v) is 5.43. The predicted octanol–water partition coefficient (Wildman–Crippen LogP) is 2.64. The highest BCUT2D eigenvalue weighted by atomic mass is 79.9. The van der Waals surface area contributed by atoms with Gasteiger partial charge in [0, 0.05) is 10.7 Å². The van der Waals surface area contributed by atoms with Crippen LogP contribution in [0.5, 0.6) is 0 Å². The summed E-state index contributed by atoms with van der Waals surface area (Å²) in [4.78, 5) is 10.7. The number of hydrogen-bond donors (Lipinski definition) is 1. The number of rotatable bonds is 2. The fourth-order valence-corrected chi connectivity index (χ4v) is 1.77. The molecule has 0 fully saturated rings. The van der Waals surface area contributed by atoms with Crippen molar-refractivity contribution in [3.8, 4) is 5.69 Å². The van der Waals surface area contributed by atoms with Crippen molar-refractivity contribution >= 4 is 21.9 Å². The second-order valence-electron chi connectivity index (χ2n) is 3.33. The van der Waals surface area contributed by atoms with Crippen LogP contribution < -0.4 is 0 Å². The van der Waals surface area contributed by atoms with Gasteiger partial charge in [0.05, 0.1) is 5.69 Å². The molecule has 0 radical (unpaired) electrons. The molecule has 0 saturated carbocycles. The quantitative estimate of drug-likeness (QED) is 0.920. The Morgan fingerprint density at radius 3 is 2.81 bits per heavy atom. The molecule has 16 heavy (non-hydrogen) atoms. The van der Waals surface area contributed by atoms with E-state index in [1.54, 1.807) is 10.9 Å². The molecule has 0 spiro atoms. The van der Waals surface area contributed by atoms with Crippen LogP contribution in [0.15, 0.2) is 34.9 Å². The first kappa shape index (κ1) is 10.9. The van der Waals surface area contributed by atoms with Gasteiger partial charge >= 0.3 is 5.97 Å². The van der Waals surface area contributed by atoms with Gasteiger partial charge in [-0.1, -0.05) is 22.0 Å². The summed E-state index contributed by atoms with van der Waals surface area (Å²) < 4.78 is 2.53. The van der Waals surface area contributed by atoms with Gasteiger partial charge in [0.15, 0.2) is 5.69 Å². The minimum atomic E-state index is -1.02. The first-order chi connectivity index (χ1) is 7.59. The first-order valence-electron chi connectivity index (χ1n) is 4.64. The highest BCUT2D eigenvalue weighted by Gasteiger charge is 2.09. The minimum absolute atomic E-state index is 0.0411. The third kappa shape index (κ3) is 1.86. The normalized spacial score (nSPS) is 10.4. The summed E-state index contributed by atoms with van der Waals surface area (Å²) in [6.07, 6.45) is 1.64. The van der Waals surface area contributed by atoms with E-state index in [0.29, 0.717) is 0 Å². The summed E-state index contributed by atoms with van der Waals surface area (Å²) in [5, 5.41) is 12.8. The zero-order chi connectivity index (χ0) is 11.7. The van der Waals surface area contributed by atoms with E-state index in [1.165, 1.54) is 6.07 Å². The number of aromatic nitrogens is 2. The van der Waals surface area contributed by atoms with Crippen LogP contribution in [0.2, 0.25) is 0 Å². The standard InChI is InChI=1S/C11H9BrN2O2/c1-7-8(12)3-2-4-10(7)14-6-5-9(13-14)11(15)16/h2-6H,1H3,(H,15,16). The Morgan fingerprint density at radius 2 is 2.19 bits per heavy atom. The smallest absolute Gasteiger partial charge is 0.356 e. The third-order valence-corrected chi connectivity index (χ3v) is 3.15. The number of carboxylic acid groups (broad SMARTS) is 1. The van der Waals surface area contributed by atoms with Gasteiger partial charge in [-0.2, -0.15) is 5.10 Å². The average molecular weight is 281 g/mol. The Morgan fingerprint density at radius 1 is 1.44 bits per heavy atom. The highest BCUT2D eigenvalue weighted by molar-refractivity contribution is 9.10. The van der Waals surface area contributed by atoms with E-state index < -0.39 is 5.97 Å². The SMILES string of the molecule is Cc1c(Br)cccc1-n1ccc(C(=O)O)n1. The molecule has 2 aromatic rings. The average Bonchev–Trinajstić information content (AvgIpc) is 2.71. The Balaban J connectivity index is 2.50.